The molecule has 0 unspecified atom stereocenters. The van der Waals surface area contributed by atoms with Crippen LogP contribution in [0.15, 0.2) is 102 Å². The minimum Gasteiger partial charge on any atom is -0.361 e. The molecule has 1 N–H and O–H groups in total. The number of aromatic amines is 1. The smallest absolute Gasteiger partial charge is 0.0801 e. The van der Waals surface area contributed by atoms with Crippen LogP contribution in [0.5, 0.6) is 0 Å². The molecule has 5 aromatic carbocycles. The van der Waals surface area contributed by atoms with E-state index in [9.17, 15) is 0 Å². The Morgan fingerprint density at radius 1 is 0.694 bits per heavy atom. The standard InChI is InChI=1S/C34H26N2/c1-20-17-21(2)31(22(3)18-20)33(29-13-8-16-35-29)30-19-28-26-12-7-6-11-25(26)27-15-14-23-9-4-5-10-24(23)32(27)34(28)36-30/h4-19,35H,1-3H3/b33-30-. The molecule has 0 aliphatic carbocycles. The lowest BCUT2D eigenvalue weighted by Crippen LogP contribution is -2.23. The summed E-state index contributed by atoms with van der Waals surface area (Å²) in [5.41, 5.74) is 8.32. The first kappa shape index (κ1) is 20.9. The number of aryl methyl sites for hydroxylation is 3. The van der Waals surface area contributed by atoms with Gasteiger partial charge in [-0.15, -0.1) is 0 Å². The topological polar surface area (TPSA) is 28.1 Å². The van der Waals surface area contributed by atoms with E-state index in [2.05, 4.69) is 117 Å². The quantitative estimate of drug-likeness (QED) is 0.262. The number of nitrogens with one attached hydrogen (secondary N) is 1. The van der Waals surface area contributed by atoms with E-state index in [4.69, 9.17) is 4.99 Å². The Kier molecular flexibility index (Phi) is 4.52. The van der Waals surface area contributed by atoms with Crippen LogP contribution in [0.25, 0.3) is 44.0 Å². The van der Waals surface area contributed by atoms with Crippen molar-refractivity contribution >= 4 is 44.0 Å². The van der Waals surface area contributed by atoms with E-state index in [-0.39, 0.29) is 0 Å². The molecule has 2 heterocycles. The second-order valence-electron chi connectivity index (χ2n) is 9.89. The maximum absolute atomic E-state index is 5.42. The highest BCUT2D eigenvalue weighted by atomic mass is 14.8. The summed E-state index contributed by atoms with van der Waals surface area (Å²) in [5, 5.41) is 9.77. The lowest BCUT2D eigenvalue weighted by molar-refractivity contribution is 1.24. The number of nitrogens with zero attached hydrogens (tertiary/aromatic N) is 1. The van der Waals surface area contributed by atoms with E-state index < -0.39 is 0 Å². The third-order valence-electron chi connectivity index (χ3n) is 7.49. The van der Waals surface area contributed by atoms with Crippen LogP contribution >= 0.6 is 0 Å². The van der Waals surface area contributed by atoms with Crippen molar-refractivity contribution in [2.45, 2.75) is 20.8 Å². The van der Waals surface area contributed by atoms with Crippen molar-refractivity contribution in [3.8, 4) is 0 Å². The Labute approximate surface area is 209 Å². The molecule has 7 rings (SSSR count). The number of hydrogen-bond acceptors (Lipinski definition) is 1. The molecule has 0 amide bonds. The highest BCUT2D eigenvalue weighted by molar-refractivity contribution is 6.17. The predicted octanol–water partition coefficient (Wildman–Crippen LogP) is 7.27. The van der Waals surface area contributed by atoms with Crippen LogP contribution in [-0.4, -0.2) is 4.98 Å². The maximum atomic E-state index is 5.42. The molecule has 1 aliphatic heterocycles. The molecule has 0 bridgehead atoms. The molecule has 2 nitrogen and oxygen atoms in total. The van der Waals surface area contributed by atoms with E-state index in [0.717, 1.165) is 22.3 Å². The van der Waals surface area contributed by atoms with Crippen molar-refractivity contribution in [1.29, 1.82) is 0 Å². The summed E-state index contributed by atoms with van der Waals surface area (Å²) in [6.45, 7) is 6.58. The molecule has 0 spiro atoms. The zero-order chi connectivity index (χ0) is 24.4. The van der Waals surface area contributed by atoms with Gasteiger partial charge in [-0.25, -0.2) is 4.99 Å². The summed E-state index contributed by atoms with van der Waals surface area (Å²) in [4.78, 5) is 8.90. The van der Waals surface area contributed by atoms with E-state index in [0.29, 0.717) is 0 Å². The number of benzene rings is 5. The van der Waals surface area contributed by atoms with Gasteiger partial charge in [0.1, 0.15) is 0 Å². The Balaban J connectivity index is 1.70. The highest BCUT2D eigenvalue weighted by Crippen LogP contribution is 2.35. The second kappa shape index (κ2) is 7.79. The van der Waals surface area contributed by atoms with Crippen molar-refractivity contribution in [3.05, 3.63) is 135 Å². The lowest BCUT2D eigenvalue weighted by Gasteiger charge is -2.15. The van der Waals surface area contributed by atoms with Gasteiger partial charge in [-0.1, -0.05) is 78.4 Å². The Bertz CT molecular complexity index is 1980. The van der Waals surface area contributed by atoms with Gasteiger partial charge in [-0.05, 0) is 82.6 Å². The highest BCUT2D eigenvalue weighted by Gasteiger charge is 2.20. The largest absolute Gasteiger partial charge is 0.361 e. The van der Waals surface area contributed by atoms with E-state index in [1.807, 2.05) is 6.20 Å². The molecule has 36 heavy (non-hydrogen) atoms. The van der Waals surface area contributed by atoms with Gasteiger partial charge in [0.15, 0.2) is 0 Å². The Hall–Kier alpha value is -4.43. The van der Waals surface area contributed by atoms with Crippen LogP contribution in [0.4, 0.5) is 0 Å². The van der Waals surface area contributed by atoms with Crippen LogP contribution in [0.1, 0.15) is 27.9 Å². The number of fused-ring (bicyclic) bond motifs is 8. The number of allylic oxidation sites excluding steroid dienone is 1. The Morgan fingerprint density at radius 2 is 1.42 bits per heavy atom. The SMILES string of the molecule is Cc1cc(C)c(/C(=C2/C=c3c(c4c5ccccc5ccc4c4ccccc34)=N2)c2ccc[nH]2)c(C)c1. The molecule has 0 fully saturated rings. The molecule has 0 radical (unpaired) electrons. The number of H-pyrrole nitrogens is 1. The average molecular weight is 463 g/mol. The van der Waals surface area contributed by atoms with Gasteiger partial charge in [0.2, 0.25) is 0 Å². The first-order valence-corrected chi connectivity index (χ1v) is 12.5. The third-order valence-corrected chi connectivity index (χ3v) is 7.49. The molecule has 1 aromatic heterocycles. The van der Waals surface area contributed by atoms with Gasteiger partial charge < -0.3 is 4.98 Å². The first-order chi connectivity index (χ1) is 17.6. The summed E-state index contributed by atoms with van der Waals surface area (Å²) >= 11 is 0. The van der Waals surface area contributed by atoms with Crippen molar-refractivity contribution in [1.82, 2.24) is 4.98 Å². The third kappa shape index (κ3) is 3.01. The van der Waals surface area contributed by atoms with Crippen LogP contribution in [-0.2, 0) is 0 Å². The van der Waals surface area contributed by atoms with Crippen molar-refractivity contribution in [2.24, 2.45) is 4.99 Å². The number of aromatic nitrogens is 1. The monoisotopic (exact) mass is 462 g/mol. The van der Waals surface area contributed by atoms with Crippen molar-refractivity contribution in [3.63, 3.8) is 0 Å². The molecule has 6 aromatic rings. The van der Waals surface area contributed by atoms with Crippen LogP contribution in [0.2, 0.25) is 0 Å². The van der Waals surface area contributed by atoms with E-state index >= 15 is 0 Å². The predicted molar refractivity (Wildman–Crippen MR) is 152 cm³/mol. The van der Waals surface area contributed by atoms with E-state index in [1.165, 1.54) is 59.8 Å². The Morgan fingerprint density at radius 3 is 2.17 bits per heavy atom. The molecule has 0 atom stereocenters. The minimum absolute atomic E-state index is 1.01. The first-order valence-electron chi connectivity index (χ1n) is 12.5. The van der Waals surface area contributed by atoms with Gasteiger partial charge in [0.25, 0.3) is 0 Å². The summed E-state index contributed by atoms with van der Waals surface area (Å²) in [6, 6.07) is 30.6. The number of rotatable bonds is 2. The molecule has 172 valence electrons. The van der Waals surface area contributed by atoms with Gasteiger partial charge >= 0.3 is 0 Å². The van der Waals surface area contributed by atoms with Crippen LogP contribution < -0.4 is 10.6 Å². The van der Waals surface area contributed by atoms with Crippen LogP contribution in [0.3, 0.4) is 0 Å². The molecule has 0 saturated heterocycles. The van der Waals surface area contributed by atoms with Gasteiger partial charge in [-0.3, -0.25) is 0 Å². The van der Waals surface area contributed by atoms with Gasteiger partial charge in [-0.2, -0.15) is 0 Å². The average Bonchev–Trinajstić information content (AvgIpc) is 3.56. The van der Waals surface area contributed by atoms with E-state index in [1.54, 1.807) is 0 Å². The summed E-state index contributed by atoms with van der Waals surface area (Å²) < 4.78 is 0. The van der Waals surface area contributed by atoms with Gasteiger partial charge in [0.05, 0.1) is 11.1 Å². The normalized spacial score (nSPS) is 14.2. The number of hydrogen-bond donors (Lipinski definition) is 1. The fraction of sp³-hybridized carbons (Fsp3) is 0.0882. The maximum Gasteiger partial charge on any atom is 0.0801 e. The zero-order valence-corrected chi connectivity index (χ0v) is 20.7. The van der Waals surface area contributed by atoms with Crippen LogP contribution in [0, 0.1) is 20.8 Å². The fourth-order valence-corrected chi connectivity index (χ4v) is 6.11. The lowest BCUT2D eigenvalue weighted by atomic mass is 9.90. The second-order valence-corrected chi connectivity index (χ2v) is 9.89. The molecule has 0 saturated carbocycles. The molecular weight excluding hydrogens is 436 g/mol. The van der Waals surface area contributed by atoms with Crippen molar-refractivity contribution in [2.75, 3.05) is 0 Å². The molecular formula is C34H26N2. The summed E-state index contributed by atoms with van der Waals surface area (Å²) in [7, 11) is 0. The molecule has 2 heteroatoms. The minimum atomic E-state index is 1.01. The summed E-state index contributed by atoms with van der Waals surface area (Å²) in [5.74, 6) is 0. The fourth-order valence-electron chi connectivity index (χ4n) is 6.11. The van der Waals surface area contributed by atoms with Crippen molar-refractivity contribution < 1.29 is 0 Å². The summed E-state index contributed by atoms with van der Waals surface area (Å²) in [6.07, 6.45) is 4.29. The molecule has 1 aliphatic rings. The zero-order valence-electron chi connectivity index (χ0n) is 20.7. The van der Waals surface area contributed by atoms with Gasteiger partial charge in [0, 0.05) is 28.1 Å².